The molecule has 0 spiro atoms. The predicted molar refractivity (Wildman–Crippen MR) is 176 cm³/mol. The first-order valence-electron chi connectivity index (χ1n) is 15.3. The number of rotatable bonds is 9. The molecule has 0 bridgehead atoms. The van der Waals surface area contributed by atoms with Crippen molar-refractivity contribution < 1.29 is 14.3 Å². The molecule has 4 aromatic rings. The zero-order chi connectivity index (χ0) is 31.3. The fourth-order valence-electron chi connectivity index (χ4n) is 5.86. The highest BCUT2D eigenvalue weighted by Crippen LogP contribution is 2.37. The van der Waals surface area contributed by atoms with Crippen LogP contribution in [0.2, 0.25) is 0 Å². The molecular weight excluding hydrogens is 550 g/mol. The summed E-state index contributed by atoms with van der Waals surface area (Å²) in [6.45, 7) is 10.0. The van der Waals surface area contributed by atoms with E-state index in [4.69, 9.17) is 9.84 Å². The Morgan fingerprint density at radius 1 is 0.909 bits per heavy atom. The van der Waals surface area contributed by atoms with Gasteiger partial charge in [-0.3, -0.25) is 10.1 Å². The number of nitrogens with zero attached hydrogens (tertiary/aromatic N) is 2. The molecule has 1 aliphatic rings. The van der Waals surface area contributed by atoms with Crippen LogP contribution in [0.1, 0.15) is 68.0 Å². The standard InChI is InChI=1S/C36H43N5O3/c1-24-14-16-29(17-15-24)41-31(23-30(40-41)36(2,3)4)39-35(43)38-28-13-9-12-27(22-28)32(25-18-20-37-21-19-25)33(42)34(44-5)26-10-7-6-8-11-26/h6-17,22-23,25,32,34,37H,18-21H2,1-5H3,(H2,38,39,43)/t32?,34-/m0/s1. The second kappa shape index (κ2) is 13.6. The van der Waals surface area contributed by atoms with E-state index in [1.165, 1.54) is 0 Å². The van der Waals surface area contributed by atoms with E-state index in [0.717, 1.165) is 54.0 Å². The number of amides is 2. The Labute approximate surface area is 260 Å². The molecule has 0 saturated carbocycles. The van der Waals surface area contributed by atoms with E-state index < -0.39 is 6.10 Å². The van der Waals surface area contributed by atoms with Gasteiger partial charge in [0.2, 0.25) is 0 Å². The number of hydrogen-bond acceptors (Lipinski definition) is 5. The van der Waals surface area contributed by atoms with Gasteiger partial charge in [0, 0.05) is 30.2 Å². The molecule has 3 N–H and O–H groups in total. The highest BCUT2D eigenvalue weighted by molar-refractivity contribution is 5.99. The summed E-state index contributed by atoms with van der Waals surface area (Å²) < 4.78 is 7.54. The number of urea groups is 1. The van der Waals surface area contributed by atoms with E-state index in [9.17, 15) is 9.59 Å². The van der Waals surface area contributed by atoms with Crippen LogP contribution in [0.5, 0.6) is 0 Å². The fourth-order valence-corrected chi connectivity index (χ4v) is 5.86. The summed E-state index contributed by atoms with van der Waals surface area (Å²) in [5, 5.41) is 14.2. The molecule has 230 valence electrons. The Morgan fingerprint density at radius 3 is 2.25 bits per heavy atom. The van der Waals surface area contributed by atoms with Crippen LogP contribution < -0.4 is 16.0 Å². The van der Waals surface area contributed by atoms with Crippen LogP contribution in [0.3, 0.4) is 0 Å². The van der Waals surface area contributed by atoms with Gasteiger partial charge in [-0.05, 0) is 74.2 Å². The van der Waals surface area contributed by atoms with Crippen molar-refractivity contribution in [2.75, 3.05) is 30.8 Å². The normalized spacial score (nSPS) is 15.4. The SMILES string of the molecule is CO[C@H](C(=O)C(c1cccc(NC(=O)Nc2cc(C(C)(C)C)nn2-c2ccc(C)cc2)c1)C1CCNCC1)c1ccccc1. The van der Waals surface area contributed by atoms with E-state index in [2.05, 4.69) is 36.7 Å². The first-order chi connectivity index (χ1) is 21.1. The van der Waals surface area contributed by atoms with Gasteiger partial charge < -0.3 is 15.4 Å². The minimum atomic E-state index is -0.671. The molecule has 0 radical (unpaired) electrons. The molecular formula is C36H43N5O3. The summed E-state index contributed by atoms with van der Waals surface area (Å²) in [6, 6.07) is 26.8. The van der Waals surface area contributed by atoms with Crippen molar-refractivity contribution in [3.8, 4) is 5.69 Å². The smallest absolute Gasteiger partial charge is 0.324 e. The number of aryl methyl sites for hydroxylation is 1. The first-order valence-corrected chi connectivity index (χ1v) is 15.3. The number of nitrogens with one attached hydrogen (secondary N) is 3. The number of piperidine rings is 1. The van der Waals surface area contributed by atoms with Crippen LogP contribution >= 0.6 is 0 Å². The highest BCUT2D eigenvalue weighted by Gasteiger charge is 2.36. The third kappa shape index (κ3) is 7.26. The number of benzene rings is 3. The maximum absolute atomic E-state index is 14.2. The largest absolute Gasteiger partial charge is 0.369 e. The Bertz CT molecular complexity index is 1570. The maximum Gasteiger partial charge on any atom is 0.324 e. The van der Waals surface area contributed by atoms with E-state index >= 15 is 0 Å². The molecule has 2 amide bonds. The van der Waals surface area contributed by atoms with Crippen molar-refractivity contribution in [3.05, 3.63) is 107 Å². The van der Waals surface area contributed by atoms with Crippen LogP contribution in [-0.4, -0.2) is 41.8 Å². The Kier molecular flexibility index (Phi) is 9.61. The molecule has 1 unspecified atom stereocenters. The number of ketones is 1. The molecule has 1 saturated heterocycles. The summed E-state index contributed by atoms with van der Waals surface area (Å²) >= 11 is 0. The van der Waals surface area contributed by atoms with Crippen molar-refractivity contribution in [1.82, 2.24) is 15.1 Å². The van der Waals surface area contributed by atoms with Gasteiger partial charge in [-0.25, -0.2) is 9.48 Å². The second-order valence-corrected chi connectivity index (χ2v) is 12.6. The zero-order valence-corrected chi connectivity index (χ0v) is 26.3. The number of carbonyl (C=O) groups excluding carboxylic acids is 2. The molecule has 8 nitrogen and oxygen atoms in total. The number of hydrogen-bond donors (Lipinski definition) is 3. The summed E-state index contributed by atoms with van der Waals surface area (Å²) in [4.78, 5) is 27.5. The molecule has 2 heterocycles. The lowest BCUT2D eigenvalue weighted by Crippen LogP contribution is -2.35. The van der Waals surface area contributed by atoms with Gasteiger partial charge in [0.25, 0.3) is 0 Å². The number of ether oxygens (including phenoxy) is 1. The minimum Gasteiger partial charge on any atom is -0.369 e. The second-order valence-electron chi connectivity index (χ2n) is 12.6. The Balaban J connectivity index is 1.40. The number of methoxy groups -OCH3 is 1. The molecule has 44 heavy (non-hydrogen) atoms. The van der Waals surface area contributed by atoms with E-state index in [0.29, 0.717) is 11.5 Å². The molecule has 1 aromatic heterocycles. The van der Waals surface area contributed by atoms with Crippen LogP contribution in [0.25, 0.3) is 5.69 Å². The lowest BCUT2D eigenvalue weighted by atomic mass is 9.75. The van der Waals surface area contributed by atoms with Crippen LogP contribution in [-0.2, 0) is 14.9 Å². The highest BCUT2D eigenvalue weighted by atomic mass is 16.5. The monoisotopic (exact) mass is 593 g/mol. The summed E-state index contributed by atoms with van der Waals surface area (Å²) in [5.41, 5.74) is 4.99. The van der Waals surface area contributed by atoms with E-state index in [1.54, 1.807) is 11.8 Å². The van der Waals surface area contributed by atoms with E-state index in [1.807, 2.05) is 91.9 Å². The number of aromatic nitrogens is 2. The number of anilines is 2. The summed E-state index contributed by atoms with van der Waals surface area (Å²) in [6.07, 6.45) is 1.10. The summed E-state index contributed by atoms with van der Waals surface area (Å²) in [5.74, 6) is 0.392. The van der Waals surface area contributed by atoms with Crippen molar-refractivity contribution in [3.63, 3.8) is 0 Å². The third-order valence-electron chi connectivity index (χ3n) is 8.26. The number of carbonyl (C=O) groups is 2. The van der Waals surface area contributed by atoms with Gasteiger partial charge in [0.1, 0.15) is 11.9 Å². The number of Topliss-reactive ketones (excluding diaryl/α,β-unsaturated/α-hetero) is 1. The topological polar surface area (TPSA) is 97.3 Å². The average molecular weight is 594 g/mol. The Morgan fingerprint density at radius 2 is 1.59 bits per heavy atom. The minimum absolute atomic E-state index is 0.0314. The first kappa shape index (κ1) is 31.2. The van der Waals surface area contributed by atoms with Crippen molar-refractivity contribution in [2.24, 2.45) is 5.92 Å². The van der Waals surface area contributed by atoms with Gasteiger partial charge in [0.05, 0.1) is 11.4 Å². The van der Waals surface area contributed by atoms with E-state index in [-0.39, 0.29) is 29.1 Å². The maximum atomic E-state index is 14.2. The quantitative estimate of drug-likeness (QED) is 0.191. The van der Waals surface area contributed by atoms with Crippen molar-refractivity contribution in [1.29, 1.82) is 0 Å². The van der Waals surface area contributed by atoms with Gasteiger partial charge >= 0.3 is 6.03 Å². The van der Waals surface area contributed by atoms with Crippen molar-refractivity contribution >= 4 is 23.3 Å². The Hall–Kier alpha value is -4.27. The van der Waals surface area contributed by atoms with Gasteiger partial charge in [-0.15, -0.1) is 0 Å². The lowest BCUT2D eigenvalue weighted by molar-refractivity contribution is -0.132. The molecule has 3 aromatic carbocycles. The molecule has 0 aliphatic carbocycles. The summed E-state index contributed by atoms with van der Waals surface area (Å²) in [7, 11) is 1.59. The zero-order valence-electron chi connectivity index (χ0n) is 26.3. The molecule has 1 aliphatic heterocycles. The van der Waals surface area contributed by atoms with Crippen LogP contribution in [0.15, 0.2) is 84.9 Å². The fraction of sp³-hybridized carbons (Fsp3) is 0.361. The molecule has 5 rings (SSSR count). The lowest BCUT2D eigenvalue weighted by Gasteiger charge is -2.32. The molecule has 2 atom stereocenters. The molecule has 1 fully saturated rings. The average Bonchev–Trinajstić information content (AvgIpc) is 3.44. The van der Waals surface area contributed by atoms with Gasteiger partial charge in [0.15, 0.2) is 5.78 Å². The van der Waals surface area contributed by atoms with Gasteiger partial charge in [-0.2, -0.15) is 5.10 Å². The van der Waals surface area contributed by atoms with Crippen LogP contribution in [0.4, 0.5) is 16.3 Å². The van der Waals surface area contributed by atoms with Crippen LogP contribution in [0, 0.1) is 12.8 Å². The predicted octanol–water partition coefficient (Wildman–Crippen LogP) is 7.16. The molecule has 8 heteroatoms. The van der Waals surface area contributed by atoms with Crippen molar-refractivity contribution in [2.45, 2.75) is 58.0 Å². The van der Waals surface area contributed by atoms with Gasteiger partial charge in [-0.1, -0.05) is 80.9 Å². The third-order valence-corrected chi connectivity index (χ3v) is 8.26.